The van der Waals surface area contributed by atoms with Crippen molar-refractivity contribution in [3.8, 4) is 0 Å². The van der Waals surface area contributed by atoms with Crippen molar-refractivity contribution in [2.24, 2.45) is 5.84 Å². The lowest BCUT2D eigenvalue weighted by molar-refractivity contribution is 0.414. The molecule has 3 N–H and O–H groups in total. The van der Waals surface area contributed by atoms with Gasteiger partial charge in [0.1, 0.15) is 0 Å². The number of hydrogen-bond acceptors (Lipinski definition) is 3. The molecule has 1 fully saturated rings. The van der Waals surface area contributed by atoms with Crippen molar-refractivity contribution in [1.82, 2.24) is 5.43 Å². The quantitative estimate of drug-likeness (QED) is 0.640. The fourth-order valence-corrected chi connectivity index (χ4v) is 2.67. The van der Waals surface area contributed by atoms with E-state index in [2.05, 4.69) is 29.7 Å². The molecule has 1 aromatic carbocycles. The number of hydrazine groups is 1. The Kier molecular flexibility index (Phi) is 3.17. The summed E-state index contributed by atoms with van der Waals surface area (Å²) in [5.41, 5.74) is 6.67. The highest BCUT2D eigenvalue weighted by Crippen LogP contribution is 2.40. The van der Waals surface area contributed by atoms with Gasteiger partial charge in [0.25, 0.3) is 0 Å². The molecule has 1 saturated carbocycles. The number of benzene rings is 1. The number of rotatable bonds is 4. The first-order valence-corrected chi connectivity index (χ1v) is 6.47. The molecule has 0 bridgehead atoms. The van der Waals surface area contributed by atoms with Crippen molar-refractivity contribution in [3.05, 3.63) is 59.5 Å². The Labute approximate surface area is 107 Å². The third-order valence-electron chi connectivity index (χ3n) is 3.90. The van der Waals surface area contributed by atoms with Gasteiger partial charge in [0.05, 0.1) is 18.6 Å². The maximum Gasteiger partial charge on any atom is 0.0954 e. The van der Waals surface area contributed by atoms with E-state index >= 15 is 0 Å². The van der Waals surface area contributed by atoms with Crippen LogP contribution in [0.5, 0.6) is 0 Å². The monoisotopic (exact) mass is 242 g/mol. The Balaban J connectivity index is 1.99. The van der Waals surface area contributed by atoms with E-state index in [1.54, 1.807) is 12.5 Å². The van der Waals surface area contributed by atoms with Crippen LogP contribution in [0.25, 0.3) is 0 Å². The minimum absolute atomic E-state index is 0.0144. The molecule has 0 radical (unpaired) electrons. The van der Waals surface area contributed by atoms with Crippen LogP contribution in [0, 0.1) is 0 Å². The van der Waals surface area contributed by atoms with Gasteiger partial charge < -0.3 is 4.42 Å². The molecule has 3 rings (SSSR count). The zero-order chi connectivity index (χ0) is 12.4. The summed E-state index contributed by atoms with van der Waals surface area (Å²) in [5, 5.41) is 0. The molecular weight excluding hydrogens is 224 g/mol. The van der Waals surface area contributed by atoms with E-state index in [9.17, 15) is 0 Å². The molecule has 0 saturated heterocycles. The van der Waals surface area contributed by atoms with E-state index in [1.165, 1.54) is 30.4 Å². The highest BCUT2D eigenvalue weighted by Gasteiger charge is 2.25. The molecule has 0 aliphatic heterocycles. The summed E-state index contributed by atoms with van der Waals surface area (Å²) in [5.74, 6) is 6.43. The minimum atomic E-state index is 0.0144. The largest absolute Gasteiger partial charge is 0.472 e. The standard InChI is InChI=1S/C15H18N2O/c16-17-15(12-8-9-18-10-12)14-7-2-1-6-13(14)11-4-3-5-11/h1-2,6-11,15,17H,3-5,16H2. The average Bonchev–Trinajstić information content (AvgIpc) is 2.84. The molecule has 1 heterocycles. The molecule has 1 aliphatic carbocycles. The third-order valence-corrected chi connectivity index (χ3v) is 3.90. The van der Waals surface area contributed by atoms with Crippen LogP contribution in [0.2, 0.25) is 0 Å². The SMILES string of the molecule is NNC(c1ccoc1)c1ccccc1C1CCC1. The molecule has 0 amide bonds. The highest BCUT2D eigenvalue weighted by atomic mass is 16.3. The fourth-order valence-electron chi connectivity index (χ4n) is 2.67. The maximum atomic E-state index is 5.73. The van der Waals surface area contributed by atoms with Crippen LogP contribution in [-0.4, -0.2) is 0 Å². The summed E-state index contributed by atoms with van der Waals surface area (Å²) in [6.45, 7) is 0. The van der Waals surface area contributed by atoms with Gasteiger partial charge in [-0.1, -0.05) is 30.7 Å². The van der Waals surface area contributed by atoms with Crippen LogP contribution >= 0.6 is 0 Å². The van der Waals surface area contributed by atoms with E-state index in [-0.39, 0.29) is 6.04 Å². The molecule has 1 aromatic heterocycles. The van der Waals surface area contributed by atoms with Crippen molar-refractivity contribution in [3.63, 3.8) is 0 Å². The van der Waals surface area contributed by atoms with Gasteiger partial charge in [-0.05, 0) is 36.0 Å². The maximum absolute atomic E-state index is 5.73. The summed E-state index contributed by atoms with van der Waals surface area (Å²) in [6, 6.07) is 10.5. The Morgan fingerprint density at radius 2 is 2.06 bits per heavy atom. The van der Waals surface area contributed by atoms with E-state index in [4.69, 9.17) is 10.3 Å². The zero-order valence-electron chi connectivity index (χ0n) is 10.3. The van der Waals surface area contributed by atoms with Gasteiger partial charge in [0.2, 0.25) is 0 Å². The number of nitrogens with one attached hydrogen (secondary N) is 1. The van der Waals surface area contributed by atoms with Crippen LogP contribution in [-0.2, 0) is 0 Å². The first-order valence-electron chi connectivity index (χ1n) is 6.47. The smallest absolute Gasteiger partial charge is 0.0954 e. The number of hydrogen-bond donors (Lipinski definition) is 2. The molecule has 2 aromatic rings. The molecule has 18 heavy (non-hydrogen) atoms. The summed E-state index contributed by atoms with van der Waals surface area (Å²) < 4.78 is 5.16. The average molecular weight is 242 g/mol. The Bertz CT molecular complexity index is 503. The summed E-state index contributed by atoms with van der Waals surface area (Å²) in [6.07, 6.45) is 7.36. The van der Waals surface area contributed by atoms with Crippen LogP contribution in [0.15, 0.2) is 47.3 Å². The molecule has 3 heteroatoms. The van der Waals surface area contributed by atoms with E-state index in [0.29, 0.717) is 5.92 Å². The number of furan rings is 1. The summed E-state index contributed by atoms with van der Waals surface area (Å²) in [7, 11) is 0. The Morgan fingerprint density at radius 3 is 2.67 bits per heavy atom. The third kappa shape index (κ3) is 1.96. The molecule has 94 valence electrons. The van der Waals surface area contributed by atoms with Crippen molar-refractivity contribution in [2.75, 3.05) is 0 Å². The predicted molar refractivity (Wildman–Crippen MR) is 70.9 cm³/mol. The summed E-state index contributed by atoms with van der Waals surface area (Å²) >= 11 is 0. The highest BCUT2D eigenvalue weighted by molar-refractivity contribution is 5.39. The molecule has 1 aliphatic rings. The van der Waals surface area contributed by atoms with Crippen LogP contribution in [0.1, 0.15) is 47.9 Å². The van der Waals surface area contributed by atoms with E-state index < -0.39 is 0 Å². The van der Waals surface area contributed by atoms with Crippen molar-refractivity contribution in [2.45, 2.75) is 31.2 Å². The molecular formula is C15H18N2O. The summed E-state index contributed by atoms with van der Waals surface area (Å²) in [4.78, 5) is 0. The lowest BCUT2D eigenvalue weighted by atomic mass is 9.77. The minimum Gasteiger partial charge on any atom is -0.472 e. The van der Waals surface area contributed by atoms with E-state index in [1.807, 2.05) is 6.07 Å². The molecule has 0 spiro atoms. The fraction of sp³-hybridized carbons (Fsp3) is 0.333. The van der Waals surface area contributed by atoms with Crippen molar-refractivity contribution < 1.29 is 4.42 Å². The predicted octanol–water partition coefficient (Wildman–Crippen LogP) is 3.10. The van der Waals surface area contributed by atoms with Crippen LogP contribution in [0.3, 0.4) is 0 Å². The van der Waals surface area contributed by atoms with Crippen LogP contribution in [0.4, 0.5) is 0 Å². The second-order valence-corrected chi connectivity index (χ2v) is 4.91. The Hall–Kier alpha value is -1.58. The zero-order valence-corrected chi connectivity index (χ0v) is 10.3. The normalized spacial score (nSPS) is 17.4. The topological polar surface area (TPSA) is 51.2 Å². The van der Waals surface area contributed by atoms with Gasteiger partial charge in [-0.3, -0.25) is 5.84 Å². The molecule has 1 atom stereocenters. The van der Waals surface area contributed by atoms with Gasteiger partial charge >= 0.3 is 0 Å². The van der Waals surface area contributed by atoms with Crippen LogP contribution < -0.4 is 11.3 Å². The lowest BCUT2D eigenvalue weighted by Crippen LogP contribution is -2.30. The van der Waals surface area contributed by atoms with Crippen molar-refractivity contribution in [1.29, 1.82) is 0 Å². The number of nitrogens with two attached hydrogens (primary N) is 1. The second kappa shape index (κ2) is 4.96. The first-order chi connectivity index (χ1) is 8.90. The van der Waals surface area contributed by atoms with Gasteiger partial charge in [-0.2, -0.15) is 0 Å². The lowest BCUT2D eigenvalue weighted by Gasteiger charge is -2.30. The second-order valence-electron chi connectivity index (χ2n) is 4.91. The van der Waals surface area contributed by atoms with E-state index in [0.717, 1.165) is 5.56 Å². The molecule has 1 unspecified atom stereocenters. The Morgan fingerprint density at radius 1 is 1.22 bits per heavy atom. The van der Waals surface area contributed by atoms with Gasteiger partial charge in [0, 0.05) is 5.56 Å². The van der Waals surface area contributed by atoms with Crippen molar-refractivity contribution >= 4 is 0 Å². The molecule has 3 nitrogen and oxygen atoms in total. The van der Waals surface area contributed by atoms with Gasteiger partial charge in [0.15, 0.2) is 0 Å². The van der Waals surface area contributed by atoms with Gasteiger partial charge in [-0.25, -0.2) is 5.43 Å². The first kappa shape index (κ1) is 11.5. The van der Waals surface area contributed by atoms with Gasteiger partial charge in [-0.15, -0.1) is 0 Å².